The number of rotatable bonds is 4. The Bertz CT molecular complexity index is 453. The number of hydrogen-bond acceptors (Lipinski definition) is 4. The van der Waals surface area contributed by atoms with E-state index in [0.29, 0.717) is 12.8 Å². The first-order valence-electron chi connectivity index (χ1n) is 7.27. The van der Waals surface area contributed by atoms with E-state index < -0.39 is 12.1 Å². The molecule has 2 rings (SSSR count). The summed E-state index contributed by atoms with van der Waals surface area (Å²) in [4.78, 5) is 5.61. The smallest absolute Gasteiger partial charge is 0.271 e. The first-order chi connectivity index (χ1) is 9.81. The molecule has 0 saturated heterocycles. The fraction of sp³-hybridized carbons (Fsp3) is 0.786. The van der Waals surface area contributed by atoms with Crippen molar-refractivity contribution in [3.05, 3.63) is 15.6 Å². The van der Waals surface area contributed by atoms with Gasteiger partial charge in [0.25, 0.3) is 0 Å². The van der Waals surface area contributed by atoms with Crippen molar-refractivity contribution >= 4 is 11.3 Å². The molecular weight excluding hydrogens is 299 g/mol. The lowest BCUT2D eigenvalue weighted by Gasteiger charge is -2.34. The molecule has 0 aliphatic heterocycles. The number of hydrogen-bond donors (Lipinski definition) is 2. The lowest BCUT2D eigenvalue weighted by molar-refractivity contribution is -0.186. The van der Waals surface area contributed by atoms with Gasteiger partial charge in [0.15, 0.2) is 0 Å². The number of alkyl halides is 3. The molecule has 1 aromatic heterocycles. The van der Waals surface area contributed by atoms with Crippen LogP contribution in [-0.2, 0) is 6.42 Å². The maximum atomic E-state index is 12.9. The van der Waals surface area contributed by atoms with Crippen LogP contribution in [0.4, 0.5) is 13.2 Å². The number of aromatic nitrogens is 1. The van der Waals surface area contributed by atoms with E-state index in [0.717, 1.165) is 22.0 Å². The number of nitrogens with one attached hydrogen (secondary N) is 1. The monoisotopic (exact) mass is 321 g/mol. The second-order valence-corrected chi connectivity index (χ2v) is 7.18. The predicted octanol–water partition coefficient (Wildman–Crippen LogP) is 3.50. The molecule has 1 fully saturated rings. The molecule has 1 aliphatic rings. The average Bonchev–Trinajstić information content (AvgIpc) is 2.74. The summed E-state index contributed by atoms with van der Waals surface area (Å²) >= 11 is 1.60. The highest BCUT2D eigenvalue weighted by atomic mass is 32.1. The highest BCUT2D eigenvalue weighted by Crippen LogP contribution is 2.41. The molecule has 1 heterocycles. The molecule has 0 radical (unpaired) electrons. The Balaban J connectivity index is 2.03. The van der Waals surface area contributed by atoms with Gasteiger partial charge >= 0.3 is 6.18 Å². The van der Waals surface area contributed by atoms with Gasteiger partial charge in [0.1, 0.15) is 0 Å². The van der Waals surface area contributed by atoms with Gasteiger partial charge in [0, 0.05) is 17.3 Å². The van der Waals surface area contributed by atoms with Crippen molar-refractivity contribution in [2.75, 3.05) is 0 Å². The van der Waals surface area contributed by atoms with Crippen molar-refractivity contribution in [3.63, 3.8) is 0 Å². The number of nitrogens with two attached hydrogens (primary N) is 1. The Morgan fingerprint density at radius 3 is 2.62 bits per heavy atom. The Kier molecular flexibility index (Phi) is 5.27. The van der Waals surface area contributed by atoms with Crippen LogP contribution in [0.3, 0.4) is 0 Å². The third kappa shape index (κ3) is 4.17. The summed E-state index contributed by atoms with van der Waals surface area (Å²) in [5, 5.41) is 0.946. The van der Waals surface area contributed by atoms with Crippen LogP contribution in [0.2, 0.25) is 0 Å². The van der Waals surface area contributed by atoms with E-state index >= 15 is 0 Å². The largest absolute Gasteiger partial charge is 0.391 e. The van der Waals surface area contributed by atoms with Crippen LogP contribution in [0.25, 0.3) is 0 Å². The summed E-state index contributed by atoms with van der Waals surface area (Å²) in [6.07, 6.45) is -1.67. The van der Waals surface area contributed by atoms with E-state index in [-0.39, 0.29) is 24.8 Å². The molecule has 21 heavy (non-hydrogen) atoms. The SMILES string of the molecule is Cc1nc(CC(NN)C2CCCC(C(F)(F)F)C2)sc1C. The van der Waals surface area contributed by atoms with Crippen LogP contribution in [0.5, 0.6) is 0 Å². The van der Waals surface area contributed by atoms with E-state index in [2.05, 4.69) is 10.4 Å². The number of thiazole rings is 1. The van der Waals surface area contributed by atoms with Crippen LogP contribution >= 0.6 is 11.3 Å². The molecule has 120 valence electrons. The minimum absolute atomic E-state index is 0.0418. The minimum atomic E-state index is -4.09. The molecule has 7 heteroatoms. The topological polar surface area (TPSA) is 50.9 Å². The zero-order chi connectivity index (χ0) is 15.6. The molecule has 3 N–H and O–H groups in total. The van der Waals surface area contributed by atoms with Gasteiger partial charge < -0.3 is 0 Å². The molecule has 0 spiro atoms. The van der Waals surface area contributed by atoms with Crippen LogP contribution in [-0.4, -0.2) is 17.2 Å². The summed E-state index contributed by atoms with van der Waals surface area (Å²) in [7, 11) is 0. The minimum Gasteiger partial charge on any atom is -0.271 e. The molecule has 1 saturated carbocycles. The molecule has 1 aliphatic carbocycles. The van der Waals surface area contributed by atoms with Crippen LogP contribution < -0.4 is 11.3 Å². The van der Waals surface area contributed by atoms with Gasteiger partial charge in [0.05, 0.1) is 16.6 Å². The Labute approximate surface area is 127 Å². The molecule has 3 nitrogen and oxygen atoms in total. The molecular formula is C14H22F3N3S. The Morgan fingerprint density at radius 2 is 2.10 bits per heavy atom. The zero-order valence-corrected chi connectivity index (χ0v) is 13.2. The van der Waals surface area contributed by atoms with Gasteiger partial charge in [0.2, 0.25) is 0 Å². The number of halogens is 3. The van der Waals surface area contributed by atoms with Crippen molar-refractivity contribution in [2.24, 2.45) is 17.7 Å². The average molecular weight is 321 g/mol. The van der Waals surface area contributed by atoms with Gasteiger partial charge in [-0.2, -0.15) is 13.2 Å². The van der Waals surface area contributed by atoms with Crippen molar-refractivity contribution in [1.82, 2.24) is 10.4 Å². The Hall–Kier alpha value is -0.660. The third-order valence-electron chi connectivity index (χ3n) is 4.43. The van der Waals surface area contributed by atoms with E-state index in [1.807, 2.05) is 13.8 Å². The summed E-state index contributed by atoms with van der Waals surface area (Å²) in [5.74, 6) is 4.37. The summed E-state index contributed by atoms with van der Waals surface area (Å²) in [6.45, 7) is 3.95. The third-order valence-corrected chi connectivity index (χ3v) is 5.52. The fourth-order valence-electron chi connectivity index (χ4n) is 3.07. The first kappa shape index (κ1) is 16.7. The van der Waals surface area contributed by atoms with Crippen molar-refractivity contribution in [1.29, 1.82) is 0 Å². The van der Waals surface area contributed by atoms with E-state index in [1.54, 1.807) is 11.3 Å². The number of aryl methyl sites for hydroxylation is 2. The fourth-order valence-corrected chi connectivity index (χ4v) is 4.06. The van der Waals surface area contributed by atoms with Crippen molar-refractivity contribution < 1.29 is 13.2 Å². The van der Waals surface area contributed by atoms with Gasteiger partial charge in [-0.05, 0) is 39.0 Å². The van der Waals surface area contributed by atoms with Crippen molar-refractivity contribution in [3.8, 4) is 0 Å². The summed E-state index contributed by atoms with van der Waals surface area (Å²) in [5.41, 5.74) is 3.71. The predicted molar refractivity (Wildman–Crippen MR) is 77.9 cm³/mol. The van der Waals surface area contributed by atoms with Gasteiger partial charge in [-0.15, -0.1) is 11.3 Å². The first-order valence-corrected chi connectivity index (χ1v) is 8.08. The molecule has 1 aromatic rings. The maximum absolute atomic E-state index is 12.9. The van der Waals surface area contributed by atoms with E-state index in [9.17, 15) is 13.2 Å². The second-order valence-electron chi connectivity index (χ2n) is 5.89. The highest BCUT2D eigenvalue weighted by molar-refractivity contribution is 7.11. The Morgan fingerprint density at radius 1 is 1.38 bits per heavy atom. The molecule has 0 amide bonds. The molecule has 3 atom stereocenters. The second kappa shape index (κ2) is 6.62. The standard InChI is InChI=1S/C14H22F3N3S/c1-8-9(2)21-13(19-8)7-12(20-18)10-4-3-5-11(6-10)14(15,16)17/h10-12,20H,3-7,18H2,1-2H3. The van der Waals surface area contributed by atoms with Crippen LogP contribution in [0, 0.1) is 25.7 Å². The van der Waals surface area contributed by atoms with E-state index in [4.69, 9.17) is 5.84 Å². The quantitative estimate of drug-likeness (QED) is 0.659. The zero-order valence-electron chi connectivity index (χ0n) is 12.3. The van der Waals surface area contributed by atoms with Gasteiger partial charge in [-0.1, -0.05) is 6.42 Å². The molecule has 0 bridgehead atoms. The van der Waals surface area contributed by atoms with Gasteiger partial charge in [-0.3, -0.25) is 11.3 Å². The molecule has 0 aromatic carbocycles. The van der Waals surface area contributed by atoms with Crippen molar-refractivity contribution in [2.45, 2.75) is 58.2 Å². The lowest BCUT2D eigenvalue weighted by atomic mass is 9.77. The maximum Gasteiger partial charge on any atom is 0.391 e. The number of hydrazine groups is 1. The lowest BCUT2D eigenvalue weighted by Crippen LogP contribution is -2.45. The van der Waals surface area contributed by atoms with Gasteiger partial charge in [-0.25, -0.2) is 4.98 Å². The van der Waals surface area contributed by atoms with Crippen LogP contribution in [0.15, 0.2) is 0 Å². The highest BCUT2D eigenvalue weighted by Gasteiger charge is 2.43. The van der Waals surface area contributed by atoms with E-state index in [1.165, 1.54) is 0 Å². The molecule has 3 unspecified atom stereocenters. The summed E-state index contributed by atoms with van der Waals surface area (Å²) < 4.78 is 38.7. The van der Waals surface area contributed by atoms with Crippen LogP contribution in [0.1, 0.15) is 41.3 Å². The summed E-state index contributed by atoms with van der Waals surface area (Å²) in [6, 6.07) is -0.139. The number of nitrogens with zero attached hydrogens (tertiary/aromatic N) is 1. The normalized spacial score (nSPS) is 25.0.